The molecule has 0 aliphatic heterocycles. The zero-order valence-electron chi connectivity index (χ0n) is 13.8. The van der Waals surface area contributed by atoms with Crippen LogP contribution in [0.25, 0.3) is 9.88 Å². The van der Waals surface area contributed by atoms with E-state index in [9.17, 15) is 9.90 Å². The smallest absolute Gasteiger partial charge is 0.348 e. The number of thiophene rings is 1. The Bertz CT molecular complexity index is 926. The summed E-state index contributed by atoms with van der Waals surface area (Å²) < 4.78 is 0. The third-order valence-electron chi connectivity index (χ3n) is 3.35. The van der Waals surface area contributed by atoms with Crippen LogP contribution in [0.4, 0.5) is 5.69 Å². The summed E-state index contributed by atoms with van der Waals surface area (Å²) in [6, 6.07) is 6.52. The molecule has 0 amide bonds. The quantitative estimate of drug-likeness (QED) is 0.481. The molecule has 0 spiro atoms. The maximum Gasteiger partial charge on any atom is 0.348 e. The Morgan fingerprint density at radius 3 is 2.65 bits per heavy atom. The van der Waals surface area contributed by atoms with E-state index in [1.54, 1.807) is 30.5 Å². The molecule has 0 saturated heterocycles. The van der Waals surface area contributed by atoms with E-state index in [4.69, 9.17) is 28.0 Å². The van der Waals surface area contributed by atoms with Gasteiger partial charge in [-0.15, -0.1) is 22.7 Å². The molecule has 0 bridgehead atoms. The second kappa shape index (κ2) is 7.84. The Morgan fingerprint density at radius 1 is 1.31 bits per heavy atom. The lowest BCUT2D eigenvalue weighted by molar-refractivity contribution is 0.0701. The summed E-state index contributed by atoms with van der Waals surface area (Å²) >= 11 is 14.7. The van der Waals surface area contributed by atoms with Gasteiger partial charge < -0.3 is 9.94 Å². The number of anilines is 1. The number of nitrogens with zero attached hydrogens (tertiary/aromatic N) is 2. The lowest BCUT2D eigenvalue weighted by Crippen LogP contribution is -2.35. The zero-order valence-corrected chi connectivity index (χ0v) is 16.9. The van der Waals surface area contributed by atoms with Crippen LogP contribution in [0.2, 0.25) is 10.0 Å². The topological polar surface area (TPSA) is 62.7 Å². The molecule has 0 saturated carbocycles. The minimum atomic E-state index is -1.02. The third-order valence-corrected chi connectivity index (χ3v) is 5.93. The molecule has 3 aromatic rings. The van der Waals surface area contributed by atoms with Crippen molar-refractivity contribution in [1.29, 1.82) is 0 Å². The average molecular weight is 429 g/mol. The van der Waals surface area contributed by atoms with Crippen molar-refractivity contribution < 1.29 is 14.7 Å². The number of hydrogen-bond acceptors (Lipinski definition) is 6. The van der Waals surface area contributed by atoms with Crippen LogP contribution < -0.4 is 9.90 Å². The van der Waals surface area contributed by atoms with E-state index in [2.05, 4.69) is 4.98 Å². The van der Waals surface area contributed by atoms with Gasteiger partial charge in [-0.25, -0.2) is 14.8 Å². The average Bonchev–Trinajstić information content (AvgIpc) is 3.23. The molecule has 0 aliphatic carbocycles. The number of carboxylic acid groups (broad SMARTS) is 1. The molecule has 5 nitrogen and oxygen atoms in total. The molecule has 3 rings (SSSR count). The van der Waals surface area contributed by atoms with E-state index in [0.717, 1.165) is 21.2 Å². The second-order valence-corrected chi connectivity index (χ2v) is 8.34. The predicted octanol–water partition coefficient (Wildman–Crippen LogP) is 6.09. The molecule has 0 fully saturated rings. The van der Waals surface area contributed by atoms with Crippen LogP contribution in [0.3, 0.4) is 0 Å². The number of rotatable bonds is 6. The number of thiazole rings is 1. The van der Waals surface area contributed by atoms with Crippen LogP contribution in [0.5, 0.6) is 5.75 Å². The molecular formula is C17H14Cl2N2O3S2. The number of hydroxylamine groups is 1. The van der Waals surface area contributed by atoms with Crippen molar-refractivity contribution in [2.75, 3.05) is 5.06 Å². The Hall–Kier alpha value is -1.80. The monoisotopic (exact) mass is 428 g/mol. The Labute approximate surface area is 168 Å². The van der Waals surface area contributed by atoms with Gasteiger partial charge in [0.15, 0.2) is 5.75 Å². The van der Waals surface area contributed by atoms with E-state index in [-0.39, 0.29) is 10.9 Å². The number of benzene rings is 1. The first-order chi connectivity index (χ1) is 12.4. The molecule has 136 valence electrons. The van der Waals surface area contributed by atoms with E-state index in [1.807, 2.05) is 19.2 Å². The molecule has 2 aromatic heterocycles. The van der Waals surface area contributed by atoms with Gasteiger partial charge >= 0.3 is 5.97 Å². The summed E-state index contributed by atoms with van der Waals surface area (Å²) in [5.41, 5.74) is 0.453. The van der Waals surface area contributed by atoms with Crippen LogP contribution >= 0.6 is 45.9 Å². The zero-order chi connectivity index (χ0) is 18.8. The molecule has 9 heteroatoms. The van der Waals surface area contributed by atoms with Gasteiger partial charge in [0, 0.05) is 16.6 Å². The van der Waals surface area contributed by atoms with Gasteiger partial charge in [0.25, 0.3) is 0 Å². The maximum absolute atomic E-state index is 11.8. The van der Waals surface area contributed by atoms with E-state index in [0.29, 0.717) is 21.5 Å². The molecule has 0 unspecified atom stereocenters. The van der Waals surface area contributed by atoms with Crippen molar-refractivity contribution >= 4 is 57.5 Å². The van der Waals surface area contributed by atoms with Crippen LogP contribution in [-0.2, 0) is 0 Å². The first kappa shape index (κ1) is 19.0. The van der Waals surface area contributed by atoms with Crippen LogP contribution in [0.15, 0.2) is 35.8 Å². The Morgan fingerprint density at radius 2 is 2.08 bits per heavy atom. The maximum atomic E-state index is 11.8. The Balaban J connectivity index is 2.03. The molecule has 1 N–H and O–H groups in total. The molecule has 0 atom stereocenters. The standard InChI is InChI=1S/C17H14Cl2N2O3S2/c1-9(2)21(24-13-4-3-10(18)7-11(13)19)12-8-14(16-20-5-6-25-16)26-15(12)17(22)23/h3-9H,1-2H3,(H,22,23). The summed E-state index contributed by atoms with van der Waals surface area (Å²) in [6.45, 7) is 3.80. The number of aromatic nitrogens is 1. The van der Waals surface area contributed by atoms with Gasteiger partial charge in [0.2, 0.25) is 0 Å². The van der Waals surface area contributed by atoms with Crippen LogP contribution in [0, 0.1) is 0 Å². The third kappa shape index (κ3) is 3.96. The molecule has 1 aromatic carbocycles. The van der Waals surface area contributed by atoms with Crippen molar-refractivity contribution in [2.45, 2.75) is 19.9 Å². The molecule has 26 heavy (non-hydrogen) atoms. The highest BCUT2D eigenvalue weighted by Gasteiger charge is 2.25. The van der Waals surface area contributed by atoms with Gasteiger partial charge in [-0.05, 0) is 38.1 Å². The summed E-state index contributed by atoms with van der Waals surface area (Å²) in [5.74, 6) is -0.632. The fourth-order valence-electron chi connectivity index (χ4n) is 2.24. The highest BCUT2D eigenvalue weighted by atomic mass is 35.5. The van der Waals surface area contributed by atoms with Crippen LogP contribution in [-0.4, -0.2) is 22.1 Å². The predicted molar refractivity (Wildman–Crippen MR) is 107 cm³/mol. The van der Waals surface area contributed by atoms with Gasteiger partial charge in [0.1, 0.15) is 15.6 Å². The SMILES string of the molecule is CC(C)N(Oc1ccc(Cl)cc1Cl)c1cc(-c2nccs2)sc1C(=O)O. The summed E-state index contributed by atoms with van der Waals surface area (Å²) in [6.07, 6.45) is 1.68. The van der Waals surface area contributed by atoms with E-state index in [1.165, 1.54) is 16.4 Å². The van der Waals surface area contributed by atoms with Crippen molar-refractivity contribution in [3.05, 3.63) is 50.8 Å². The Kier molecular flexibility index (Phi) is 5.72. The molecule has 2 heterocycles. The summed E-state index contributed by atoms with van der Waals surface area (Å²) in [4.78, 5) is 22.9. The number of halogens is 2. The molecular weight excluding hydrogens is 415 g/mol. The van der Waals surface area contributed by atoms with Crippen LogP contribution in [0.1, 0.15) is 23.5 Å². The summed E-state index contributed by atoms with van der Waals surface area (Å²) in [5, 5.41) is 14.6. The second-order valence-electron chi connectivity index (χ2n) is 5.55. The highest BCUT2D eigenvalue weighted by molar-refractivity contribution is 7.22. The lowest BCUT2D eigenvalue weighted by atomic mass is 10.3. The summed E-state index contributed by atoms with van der Waals surface area (Å²) in [7, 11) is 0. The number of carbonyl (C=O) groups is 1. The van der Waals surface area contributed by atoms with Gasteiger partial charge in [-0.1, -0.05) is 23.2 Å². The van der Waals surface area contributed by atoms with E-state index >= 15 is 0 Å². The van der Waals surface area contributed by atoms with Gasteiger partial charge in [-0.3, -0.25) is 0 Å². The fourth-order valence-corrected chi connectivity index (χ4v) is 4.37. The molecule has 0 radical (unpaired) electrons. The number of hydrogen-bond donors (Lipinski definition) is 1. The van der Waals surface area contributed by atoms with Crippen molar-refractivity contribution in [3.63, 3.8) is 0 Å². The van der Waals surface area contributed by atoms with Crippen molar-refractivity contribution in [3.8, 4) is 15.6 Å². The molecule has 0 aliphatic rings. The first-order valence-electron chi connectivity index (χ1n) is 7.56. The largest absolute Gasteiger partial charge is 0.477 e. The minimum Gasteiger partial charge on any atom is -0.477 e. The van der Waals surface area contributed by atoms with E-state index < -0.39 is 5.97 Å². The highest BCUT2D eigenvalue weighted by Crippen LogP contribution is 2.39. The first-order valence-corrected chi connectivity index (χ1v) is 10.0. The number of aromatic carboxylic acids is 1. The fraction of sp³-hybridized carbons (Fsp3) is 0.176. The number of carboxylic acids is 1. The minimum absolute atomic E-state index is 0.140. The van der Waals surface area contributed by atoms with Crippen molar-refractivity contribution in [2.24, 2.45) is 0 Å². The van der Waals surface area contributed by atoms with Crippen molar-refractivity contribution in [1.82, 2.24) is 4.98 Å². The normalized spacial score (nSPS) is 11.0. The lowest BCUT2D eigenvalue weighted by Gasteiger charge is -2.28. The van der Waals surface area contributed by atoms with Gasteiger partial charge in [0.05, 0.1) is 15.9 Å². The van der Waals surface area contributed by atoms with Gasteiger partial charge in [-0.2, -0.15) is 0 Å².